The van der Waals surface area contributed by atoms with Crippen LogP contribution < -0.4 is 5.73 Å². The number of esters is 1. The normalized spacial score (nSPS) is 17.4. The highest BCUT2D eigenvalue weighted by Gasteiger charge is 2.39. The summed E-state index contributed by atoms with van der Waals surface area (Å²) in [6.45, 7) is 3.10. The van der Waals surface area contributed by atoms with Crippen LogP contribution in [0.3, 0.4) is 0 Å². The van der Waals surface area contributed by atoms with E-state index in [9.17, 15) is 18.8 Å². The van der Waals surface area contributed by atoms with E-state index < -0.39 is 23.5 Å². The van der Waals surface area contributed by atoms with Gasteiger partial charge in [-0.15, -0.1) is 0 Å². The lowest BCUT2D eigenvalue weighted by molar-refractivity contribution is -0.139. The molecule has 0 aliphatic carbocycles. The van der Waals surface area contributed by atoms with E-state index >= 15 is 0 Å². The summed E-state index contributed by atoms with van der Waals surface area (Å²) in [5, 5.41) is 9.39. The number of allylic oxidation sites excluding steroid dienone is 2. The van der Waals surface area contributed by atoms with E-state index in [2.05, 4.69) is 15.9 Å². The highest BCUT2D eigenvalue weighted by atomic mass is 79.9. The molecule has 2 N–H and O–H groups in total. The van der Waals surface area contributed by atoms with E-state index in [1.165, 1.54) is 13.0 Å². The monoisotopic (exact) mass is 398 g/mol. The van der Waals surface area contributed by atoms with Gasteiger partial charge >= 0.3 is 5.97 Å². The van der Waals surface area contributed by atoms with Crippen molar-refractivity contribution in [1.82, 2.24) is 0 Å². The Morgan fingerprint density at radius 3 is 2.75 bits per heavy atom. The minimum Gasteiger partial charge on any atom is -0.463 e. The highest BCUT2D eigenvalue weighted by molar-refractivity contribution is 9.10. The molecular formula is C16H13BrF2N2O3. The third-order valence-electron chi connectivity index (χ3n) is 3.47. The van der Waals surface area contributed by atoms with Crippen LogP contribution in [0.4, 0.5) is 8.78 Å². The fourth-order valence-electron chi connectivity index (χ4n) is 2.45. The molecule has 5 nitrogen and oxygen atoms in total. The molecule has 0 fully saturated rings. The number of nitrogens with two attached hydrogens (primary N) is 1. The average molecular weight is 399 g/mol. The first-order chi connectivity index (χ1) is 11.3. The van der Waals surface area contributed by atoms with Gasteiger partial charge in [-0.3, -0.25) is 0 Å². The zero-order valence-electron chi connectivity index (χ0n) is 12.8. The lowest BCUT2D eigenvalue weighted by Gasteiger charge is -2.27. The SMILES string of the molecule is CCOC(=O)C1=C(C)OC(N)=C(C#N)C1c1c(Br)ccc(F)c1F. The molecule has 1 heterocycles. The van der Waals surface area contributed by atoms with Gasteiger partial charge in [-0.2, -0.15) is 5.26 Å². The number of hydrogen-bond acceptors (Lipinski definition) is 5. The molecule has 0 saturated heterocycles. The molecule has 2 rings (SSSR count). The van der Waals surface area contributed by atoms with Gasteiger partial charge in [0.1, 0.15) is 17.4 Å². The number of rotatable bonds is 3. The Morgan fingerprint density at radius 2 is 2.17 bits per heavy atom. The predicted molar refractivity (Wildman–Crippen MR) is 84.0 cm³/mol. The first kappa shape index (κ1) is 17.9. The summed E-state index contributed by atoms with van der Waals surface area (Å²) in [7, 11) is 0. The zero-order chi connectivity index (χ0) is 18.0. The molecule has 0 bridgehead atoms. The van der Waals surface area contributed by atoms with Crippen LogP contribution in [-0.2, 0) is 14.3 Å². The molecule has 126 valence electrons. The van der Waals surface area contributed by atoms with E-state index in [4.69, 9.17) is 15.2 Å². The van der Waals surface area contributed by atoms with Gasteiger partial charge in [-0.25, -0.2) is 13.6 Å². The fraction of sp³-hybridized carbons (Fsp3) is 0.250. The second kappa shape index (κ2) is 7.01. The summed E-state index contributed by atoms with van der Waals surface area (Å²) in [6.07, 6.45) is 0. The van der Waals surface area contributed by atoms with E-state index in [-0.39, 0.29) is 39.4 Å². The van der Waals surface area contributed by atoms with Crippen LogP contribution in [0.2, 0.25) is 0 Å². The molecule has 1 aromatic rings. The van der Waals surface area contributed by atoms with Gasteiger partial charge < -0.3 is 15.2 Å². The van der Waals surface area contributed by atoms with E-state index in [1.807, 2.05) is 0 Å². The molecule has 1 atom stereocenters. The minimum atomic E-state index is -1.24. The van der Waals surface area contributed by atoms with Crippen molar-refractivity contribution in [2.45, 2.75) is 19.8 Å². The molecule has 1 aliphatic rings. The number of hydrogen-bond donors (Lipinski definition) is 1. The molecule has 8 heteroatoms. The number of ether oxygens (including phenoxy) is 2. The maximum atomic E-state index is 14.4. The fourth-order valence-corrected chi connectivity index (χ4v) is 2.99. The van der Waals surface area contributed by atoms with Crippen molar-refractivity contribution < 1.29 is 23.0 Å². The van der Waals surface area contributed by atoms with Gasteiger partial charge in [-0.1, -0.05) is 15.9 Å². The molecule has 1 unspecified atom stereocenters. The number of nitriles is 1. The number of benzene rings is 1. The van der Waals surface area contributed by atoms with Crippen LogP contribution in [0.1, 0.15) is 25.3 Å². The molecule has 0 radical (unpaired) electrons. The molecule has 1 aliphatic heterocycles. The van der Waals surface area contributed by atoms with E-state index in [0.29, 0.717) is 0 Å². The van der Waals surface area contributed by atoms with E-state index in [0.717, 1.165) is 6.07 Å². The summed E-state index contributed by atoms with van der Waals surface area (Å²) < 4.78 is 38.5. The van der Waals surface area contributed by atoms with E-state index in [1.54, 1.807) is 13.0 Å². The highest BCUT2D eigenvalue weighted by Crippen LogP contribution is 2.43. The van der Waals surface area contributed by atoms with Crippen LogP contribution in [0.25, 0.3) is 0 Å². The van der Waals surface area contributed by atoms with Crippen LogP contribution in [0, 0.1) is 23.0 Å². The maximum Gasteiger partial charge on any atom is 0.338 e. The first-order valence-corrected chi connectivity index (χ1v) is 7.71. The molecule has 0 amide bonds. The number of carbonyl (C=O) groups excluding carboxylic acids is 1. The lowest BCUT2D eigenvalue weighted by Crippen LogP contribution is -2.26. The maximum absolute atomic E-state index is 14.4. The molecule has 24 heavy (non-hydrogen) atoms. The Hall–Kier alpha value is -2.40. The van der Waals surface area contributed by atoms with Gasteiger partial charge in [-0.05, 0) is 26.0 Å². The van der Waals surface area contributed by atoms with Crippen molar-refractivity contribution in [3.63, 3.8) is 0 Å². The summed E-state index contributed by atoms with van der Waals surface area (Å²) >= 11 is 3.13. The third kappa shape index (κ3) is 2.99. The third-order valence-corrected chi connectivity index (χ3v) is 4.16. The smallest absolute Gasteiger partial charge is 0.338 e. The van der Waals surface area contributed by atoms with Gasteiger partial charge in [0.05, 0.1) is 18.1 Å². The zero-order valence-corrected chi connectivity index (χ0v) is 14.4. The Morgan fingerprint density at radius 1 is 1.50 bits per heavy atom. The van der Waals surface area contributed by atoms with Crippen molar-refractivity contribution in [2.75, 3.05) is 6.61 Å². The van der Waals surface area contributed by atoms with Gasteiger partial charge in [0.25, 0.3) is 0 Å². The molecule has 0 spiro atoms. The molecule has 1 aromatic carbocycles. The Kier molecular flexibility index (Phi) is 5.24. The summed E-state index contributed by atoms with van der Waals surface area (Å²) in [5.41, 5.74) is 5.17. The molecular weight excluding hydrogens is 386 g/mol. The molecule has 0 aromatic heterocycles. The minimum absolute atomic E-state index is 0.0607. The largest absolute Gasteiger partial charge is 0.463 e. The van der Waals surface area contributed by atoms with Gasteiger partial charge in [0.15, 0.2) is 11.6 Å². The van der Waals surface area contributed by atoms with Crippen LogP contribution in [-0.4, -0.2) is 12.6 Å². The van der Waals surface area contributed by atoms with Crippen molar-refractivity contribution in [3.05, 3.63) is 56.6 Å². The second-order valence-electron chi connectivity index (χ2n) is 4.87. The number of halogens is 3. The van der Waals surface area contributed by atoms with Gasteiger partial charge in [0.2, 0.25) is 5.88 Å². The van der Waals surface area contributed by atoms with Crippen molar-refractivity contribution in [3.8, 4) is 6.07 Å². The Balaban J connectivity index is 2.77. The molecule has 0 saturated carbocycles. The average Bonchev–Trinajstić information content (AvgIpc) is 2.51. The van der Waals surface area contributed by atoms with Crippen molar-refractivity contribution >= 4 is 21.9 Å². The van der Waals surface area contributed by atoms with Crippen LogP contribution in [0.5, 0.6) is 0 Å². The Labute approximate surface area is 145 Å². The second-order valence-corrected chi connectivity index (χ2v) is 5.73. The quantitative estimate of drug-likeness (QED) is 0.622. The first-order valence-electron chi connectivity index (χ1n) is 6.92. The Bertz CT molecular complexity index is 812. The topological polar surface area (TPSA) is 85.3 Å². The standard InChI is InChI=1S/C16H13BrF2N2O3/c1-3-23-16(22)11-7(2)24-15(21)8(6-20)12(11)13-9(17)4-5-10(18)14(13)19/h4-5,12H,3,21H2,1-2H3. The van der Waals surface area contributed by atoms with Crippen molar-refractivity contribution in [2.24, 2.45) is 5.73 Å². The number of carbonyl (C=O) groups is 1. The number of nitrogens with zero attached hydrogens (tertiary/aromatic N) is 1. The van der Waals surface area contributed by atoms with Gasteiger partial charge in [0, 0.05) is 10.0 Å². The predicted octanol–water partition coefficient (Wildman–Crippen LogP) is 3.37. The van der Waals surface area contributed by atoms with Crippen molar-refractivity contribution in [1.29, 1.82) is 5.26 Å². The lowest BCUT2D eigenvalue weighted by atomic mass is 9.82. The summed E-state index contributed by atoms with van der Waals surface area (Å²) in [6, 6.07) is 4.02. The summed E-state index contributed by atoms with van der Waals surface area (Å²) in [4.78, 5) is 12.3. The summed E-state index contributed by atoms with van der Waals surface area (Å²) in [5.74, 6) is -4.55. The van der Waals surface area contributed by atoms with Crippen LogP contribution >= 0.6 is 15.9 Å². The van der Waals surface area contributed by atoms with Crippen LogP contribution in [0.15, 0.2) is 39.4 Å².